The highest BCUT2D eigenvalue weighted by Gasteiger charge is 2.29. The maximum Gasteiger partial charge on any atom is 0.416 e. The summed E-state index contributed by atoms with van der Waals surface area (Å²) in [6, 6.07) is 6.47. The Morgan fingerprint density at radius 3 is 2.32 bits per heavy atom. The van der Waals surface area contributed by atoms with E-state index in [4.69, 9.17) is 11.0 Å². The first-order valence-corrected chi connectivity index (χ1v) is 6.17. The minimum absolute atomic E-state index is 0.125. The van der Waals surface area contributed by atoms with Crippen LogP contribution in [0.5, 0.6) is 0 Å². The predicted octanol–water partition coefficient (Wildman–Crippen LogP) is 3.26. The Hall–Kier alpha value is -2.99. The molecule has 0 aliphatic carbocycles. The van der Waals surface area contributed by atoms with Gasteiger partial charge in [-0.25, -0.2) is 4.98 Å². The number of rotatable bonds is 0. The second-order valence-electron chi connectivity index (χ2n) is 4.49. The molecule has 1 aromatic carbocycles. The van der Waals surface area contributed by atoms with E-state index in [9.17, 15) is 13.2 Å². The number of hydrogen-bond acceptors (Lipinski definition) is 3. The smallest absolute Gasteiger partial charge is 0.383 e. The molecule has 6 heteroatoms. The molecule has 0 fully saturated rings. The number of nitrogen functional groups attached to an aromatic ring is 1. The van der Waals surface area contributed by atoms with Crippen molar-refractivity contribution >= 4 is 5.82 Å². The van der Waals surface area contributed by atoms with Crippen LogP contribution in [0.15, 0.2) is 30.5 Å². The zero-order valence-electron chi connectivity index (χ0n) is 11.5. The molecule has 0 atom stereocenters. The van der Waals surface area contributed by atoms with Gasteiger partial charge in [-0.05, 0) is 36.8 Å². The van der Waals surface area contributed by atoms with Gasteiger partial charge in [-0.1, -0.05) is 11.8 Å². The molecule has 3 nitrogen and oxygen atoms in total. The molecule has 0 spiro atoms. The highest BCUT2D eigenvalue weighted by atomic mass is 19.4. The number of nitrogens with two attached hydrogens (primary N) is 1. The van der Waals surface area contributed by atoms with Gasteiger partial charge in [0, 0.05) is 17.3 Å². The van der Waals surface area contributed by atoms with E-state index in [0.29, 0.717) is 16.7 Å². The van der Waals surface area contributed by atoms with Crippen LogP contribution in [-0.4, -0.2) is 4.98 Å². The van der Waals surface area contributed by atoms with Gasteiger partial charge in [0.2, 0.25) is 0 Å². The Kier molecular flexibility index (Phi) is 4.05. The summed E-state index contributed by atoms with van der Waals surface area (Å²) in [6.45, 7) is 1.69. The molecule has 0 radical (unpaired) electrons. The Bertz CT molecular complexity index is 804. The average molecular weight is 301 g/mol. The van der Waals surface area contributed by atoms with Gasteiger partial charge in [0.15, 0.2) is 0 Å². The third-order valence-corrected chi connectivity index (χ3v) is 3.03. The van der Waals surface area contributed by atoms with Gasteiger partial charge in [0.25, 0.3) is 0 Å². The summed E-state index contributed by atoms with van der Waals surface area (Å²) in [6.07, 6.45) is -2.94. The van der Waals surface area contributed by atoms with Crippen molar-refractivity contribution in [2.75, 3.05) is 5.73 Å². The van der Waals surface area contributed by atoms with E-state index in [1.807, 2.05) is 6.07 Å². The van der Waals surface area contributed by atoms with E-state index < -0.39 is 11.7 Å². The number of alkyl halides is 3. The fourth-order valence-corrected chi connectivity index (χ4v) is 1.77. The van der Waals surface area contributed by atoms with Crippen LogP contribution in [0, 0.1) is 30.1 Å². The topological polar surface area (TPSA) is 62.7 Å². The zero-order chi connectivity index (χ0) is 16.3. The first kappa shape index (κ1) is 15.4. The molecule has 0 saturated carbocycles. The van der Waals surface area contributed by atoms with E-state index >= 15 is 0 Å². The largest absolute Gasteiger partial charge is 0.416 e. The Balaban J connectivity index is 2.34. The van der Waals surface area contributed by atoms with Gasteiger partial charge in [-0.3, -0.25) is 0 Å². The molecule has 0 aliphatic heterocycles. The molecule has 0 bridgehead atoms. The molecule has 110 valence electrons. The molecule has 0 amide bonds. The van der Waals surface area contributed by atoms with E-state index in [2.05, 4.69) is 16.8 Å². The van der Waals surface area contributed by atoms with Gasteiger partial charge in [-0.2, -0.15) is 18.4 Å². The number of hydrogen-bond donors (Lipinski definition) is 1. The molecule has 0 saturated heterocycles. The highest BCUT2D eigenvalue weighted by Crippen LogP contribution is 2.29. The third-order valence-electron chi connectivity index (χ3n) is 3.03. The number of halogens is 3. The van der Waals surface area contributed by atoms with Crippen LogP contribution in [0.3, 0.4) is 0 Å². The van der Waals surface area contributed by atoms with Crippen LogP contribution in [-0.2, 0) is 6.18 Å². The Labute approximate surface area is 125 Å². The maximum absolute atomic E-state index is 12.5. The standard InChI is InChI=1S/C16H10F3N3/c1-10-12(9-22-15(21)14(10)8-20)5-2-11-3-6-13(7-4-11)16(17,18)19/h3-4,6-7,9H,1H3,(H2,21,22). The van der Waals surface area contributed by atoms with Crippen LogP contribution in [0.25, 0.3) is 0 Å². The summed E-state index contributed by atoms with van der Waals surface area (Å²) in [5.41, 5.74) is 6.63. The molecular weight excluding hydrogens is 291 g/mol. The summed E-state index contributed by atoms with van der Waals surface area (Å²) < 4.78 is 37.4. The van der Waals surface area contributed by atoms with E-state index in [1.54, 1.807) is 6.92 Å². The van der Waals surface area contributed by atoms with Crippen molar-refractivity contribution in [3.05, 3.63) is 58.3 Å². The van der Waals surface area contributed by atoms with Gasteiger partial charge >= 0.3 is 6.18 Å². The second kappa shape index (κ2) is 5.79. The monoisotopic (exact) mass is 301 g/mol. The Morgan fingerprint density at radius 2 is 1.77 bits per heavy atom. The van der Waals surface area contributed by atoms with Gasteiger partial charge in [-0.15, -0.1) is 0 Å². The molecule has 0 aliphatic rings. The van der Waals surface area contributed by atoms with E-state index in [0.717, 1.165) is 12.1 Å². The molecule has 1 heterocycles. The van der Waals surface area contributed by atoms with Crippen LogP contribution in [0.1, 0.15) is 27.8 Å². The summed E-state index contributed by atoms with van der Waals surface area (Å²) in [5, 5.41) is 8.99. The number of benzene rings is 1. The number of nitriles is 1. The average Bonchev–Trinajstić information content (AvgIpc) is 2.46. The van der Waals surface area contributed by atoms with Crippen molar-refractivity contribution in [3.63, 3.8) is 0 Å². The summed E-state index contributed by atoms with van der Waals surface area (Å²) in [4.78, 5) is 3.87. The first-order valence-electron chi connectivity index (χ1n) is 6.17. The van der Waals surface area contributed by atoms with Crippen LogP contribution < -0.4 is 5.73 Å². The second-order valence-corrected chi connectivity index (χ2v) is 4.49. The lowest BCUT2D eigenvalue weighted by Crippen LogP contribution is -2.04. The first-order chi connectivity index (χ1) is 10.3. The quantitative estimate of drug-likeness (QED) is 0.760. The van der Waals surface area contributed by atoms with Gasteiger partial charge in [0.05, 0.1) is 11.1 Å². The van der Waals surface area contributed by atoms with Gasteiger partial charge in [0.1, 0.15) is 11.9 Å². The Morgan fingerprint density at radius 1 is 1.14 bits per heavy atom. The molecule has 2 N–H and O–H groups in total. The SMILES string of the molecule is Cc1c(C#Cc2ccc(C(F)(F)F)cc2)cnc(N)c1C#N. The minimum atomic E-state index is -4.37. The van der Waals surface area contributed by atoms with E-state index in [1.165, 1.54) is 18.3 Å². The number of pyridine rings is 1. The van der Waals surface area contributed by atoms with Crippen molar-refractivity contribution in [2.24, 2.45) is 0 Å². The molecule has 0 unspecified atom stereocenters. The molecular formula is C16H10F3N3. The van der Waals surface area contributed by atoms with Crippen molar-refractivity contribution < 1.29 is 13.2 Å². The van der Waals surface area contributed by atoms with Crippen LogP contribution >= 0.6 is 0 Å². The molecule has 2 rings (SSSR count). The lowest BCUT2D eigenvalue weighted by atomic mass is 10.1. The van der Waals surface area contributed by atoms with E-state index in [-0.39, 0.29) is 11.4 Å². The summed E-state index contributed by atoms with van der Waals surface area (Å²) >= 11 is 0. The minimum Gasteiger partial charge on any atom is -0.383 e. The van der Waals surface area contributed by atoms with Gasteiger partial charge < -0.3 is 5.73 Å². The summed E-state index contributed by atoms with van der Waals surface area (Å²) in [7, 11) is 0. The summed E-state index contributed by atoms with van der Waals surface area (Å²) in [5.74, 6) is 5.66. The lowest BCUT2D eigenvalue weighted by Gasteiger charge is -2.05. The normalized spacial score (nSPS) is 10.5. The molecule has 22 heavy (non-hydrogen) atoms. The zero-order valence-corrected chi connectivity index (χ0v) is 11.5. The fraction of sp³-hybridized carbons (Fsp3) is 0.125. The molecule has 1 aromatic heterocycles. The van der Waals surface area contributed by atoms with Crippen molar-refractivity contribution in [3.8, 4) is 17.9 Å². The van der Waals surface area contributed by atoms with Crippen LogP contribution in [0.4, 0.5) is 19.0 Å². The van der Waals surface area contributed by atoms with Crippen molar-refractivity contribution in [2.45, 2.75) is 13.1 Å². The molecule has 2 aromatic rings. The maximum atomic E-state index is 12.5. The predicted molar refractivity (Wildman–Crippen MR) is 75.5 cm³/mol. The number of nitrogens with zero attached hydrogens (tertiary/aromatic N) is 2. The van der Waals surface area contributed by atoms with Crippen LogP contribution in [0.2, 0.25) is 0 Å². The lowest BCUT2D eigenvalue weighted by molar-refractivity contribution is -0.137. The number of anilines is 1. The third kappa shape index (κ3) is 3.18. The fourth-order valence-electron chi connectivity index (χ4n) is 1.77. The van der Waals surface area contributed by atoms with Crippen molar-refractivity contribution in [1.82, 2.24) is 4.98 Å². The van der Waals surface area contributed by atoms with Crippen molar-refractivity contribution in [1.29, 1.82) is 5.26 Å². The number of aromatic nitrogens is 1. The highest BCUT2D eigenvalue weighted by molar-refractivity contribution is 5.58.